The summed E-state index contributed by atoms with van der Waals surface area (Å²) >= 11 is 20.7. The Bertz CT molecular complexity index is 989. The molecule has 0 aliphatic carbocycles. The van der Waals surface area contributed by atoms with Gasteiger partial charge in [0.15, 0.2) is 0 Å². The summed E-state index contributed by atoms with van der Waals surface area (Å²) in [5.74, 6) is -3.85. The number of nitrogens with one attached hydrogen (secondary N) is 1. The second kappa shape index (κ2) is 10.0. The minimum absolute atomic E-state index is 0.0346. The van der Waals surface area contributed by atoms with Gasteiger partial charge in [-0.1, -0.05) is 53.0 Å². The van der Waals surface area contributed by atoms with E-state index < -0.39 is 30.5 Å². The lowest BCUT2D eigenvalue weighted by molar-refractivity contribution is -0.139. The van der Waals surface area contributed by atoms with Gasteiger partial charge in [0, 0.05) is 4.47 Å². The molecule has 2 N–H and O–H groups in total. The Hall–Kier alpha value is -1.74. The maximum atomic E-state index is 13.6. The van der Waals surface area contributed by atoms with Crippen molar-refractivity contribution in [3.63, 3.8) is 0 Å². The monoisotopic (exact) mass is 543 g/mol. The van der Waals surface area contributed by atoms with Crippen LogP contribution < -0.4 is 5.32 Å². The van der Waals surface area contributed by atoms with Crippen LogP contribution in [0.15, 0.2) is 40.9 Å². The second-order valence-electron chi connectivity index (χ2n) is 5.99. The van der Waals surface area contributed by atoms with Crippen LogP contribution in [0.1, 0.15) is 27.4 Å². The predicted molar refractivity (Wildman–Crippen MR) is 113 cm³/mol. The number of carboxylic acid groups (broad SMARTS) is 1. The van der Waals surface area contributed by atoms with Gasteiger partial charge in [0.2, 0.25) is 0 Å². The summed E-state index contributed by atoms with van der Waals surface area (Å²) in [4.78, 5) is 22.5. The first-order chi connectivity index (χ1) is 13.9. The van der Waals surface area contributed by atoms with Crippen LogP contribution in [0, 0.1) is 0 Å². The number of carbonyl (C=O) groups is 2. The zero-order chi connectivity index (χ0) is 22.6. The van der Waals surface area contributed by atoms with E-state index in [4.69, 9.17) is 39.9 Å². The number of amides is 1. The molecule has 0 saturated carbocycles. The fourth-order valence-electron chi connectivity index (χ4n) is 2.44. The summed E-state index contributed by atoms with van der Waals surface area (Å²) in [6.45, 7) is -0.563. The van der Waals surface area contributed by atoms with Crippen molar-refractivity contribution in [2.45, 2.75) is 12.1 Å². The highest BCUT2D eigenvalue weighted by Gasteiger charge is 2.39. The number of carboxylic acids is 1. The Morgan fingerprint density at radius 3 is 2.23 bits per heavy atom. The molecule has 2 aromatic carbocycles. The first kappa shape index (κ1) is 24.5. The lowest BCUT2D eigenvalue weighted by atomic mass is 9.97. The van der Waals surface area contributed by atoms with E-state index >= 15 is 0 Å². The number of allylic oxidation sites excluding steroid dienone is 1. The molecule has 1 atom stereocenters. The van der Waals surface area contributed by atoms with Crippen molar-refractivity contribution in [3.8, 4) is 0 Å². The van der Waals surface area contributed by atoms with Crippen LogP contribution in [0.5, 0.6) is 0 Å². The number of rotatable bonds is 6. The van der Waals surface area contributed by atoms with Gasteiger partial charge in [-0.15, -0.1) is 0 Å². The molecule has 0 spiro atoms. The van der Waals surface area contributed by atoms with Crippen LogP contribution in [0.4, 0.5) is 13.2 Å². The lowest BCUT2D eigenvalue weighted by Crippen LogP contribution is -2.29. The zero-order valence-corrected chi connectivity index (χ0v) is 18.6. The number of halogens is 7. The Morgan fingerprint density at radius 1 is 1.13 bits per heavy atom. The molecule has 0 heterocycles. The third-order valence-electron chi connectivity index (χ3n) is 3.84. The summed E-state index contributed by atoms with van der Waals surface area (Å²) < 4.78 is 41.1. The van der Waals surface area contributed by atoms with Gasteiger partial charge in [0.1, 0.15) is 6.54 Å². The smallest absolute Gasteiger partial charge is 0.399 e. The summed E-state index contributed by atoms with van der Waals surface area (Å²) in [6, 6.07) is 6.42. The van der Waals surface area contributed by atoms with Gasteiger partial charge in [-0.3, -0.25) is 9.59 Å². The summed E-state index contributed by atoms with van der Waals surface area (Å²) in [7, 11) is 0. The number of carbonyl (C=O) groups excluding carboxylic acids is 1. The molecule has 0 aromatic heterocycles. The number of hydrogen-bond donors (Lipinski definition) is 2. The van der Waals surface area contributed by atoms with Crippen LogP contribution in [0.3, 0.4) is 0 Å². The summed E-state index contributed by atoms with van der Waals surface area (Å²) in [5.41, 5.74) is 0.330. The van der Waals surface area contributed by atoms with Gasteiger partial charge in [0.05, 0.1) is 26.5 Å². The summed E-state index contributed by atoms with van der Waals surface area (Å²) in [5, 5.41) is 10.6. The van der Waals surface area contributed by atoms with Crippen molar-refractivity contribution in [1.29, 1.82) is 0 Å². The maximum absolute atomic E-state index is 13.6. The minimum Gasteiger partial charge on any atom is -0.480 e. The molecule has 0 radical (unpaired) electrons. The average Bonchev–Trinajstić information content (AvgIpc) is 2.63. The zero-order valence-electron chi connectivity index (χ0n) is 14.7. The van der Waals surface area contributed by atoms with Crippen LogP contribution in [-0.4, -0.2) is 29.7 Å². The van der Waals surface area contributed by atoms with E-state index in [0.29, 0.717) is 5.56 Å². The lowest BCUT2D eigenvalue weighted by Gasteiger charge is -2.18. The molecule has 2 rings (SSSR count). The fourth-order valence-corrected chi connectivity index (χ4v) is 3.63. The molecule has 4 nitrogen and oxygen atoms in total. The summed E-state index contributed by atoms with van der Waals surface area (Å²) in [6.07, 6.45) is -2.45. The van der Waals surface area contributed by atoms with Crippen molar-refractivity contribution >= 4 is 68.7 Å². The Balaban J connectivity index is 2.31. The van der Waals surface area contributed by atoms with Crippen LogP contribution >= 0.6 is 50.7 Å². The molecular formula is C19H12BrCl3F3NO3. The van der Waals surface area contributed by atoms with Crippen LogP contribution in [-0.2, 0) is 4.79 Å². The highest BCUT2D eigenvalue weighted by Crippen LogP contribution is 2.41. The van der Waals surface area contributed by atoms with Crippen LogP contribution in [0.25, 0.3) is 6.08 Å². The molecular weight excluding hydrogens is 533 g/mol. The fraction of sp³-hybridized carbons (Fsp3) is 0.158. The third kappa shape index (κ3) is 6.38. The molecule has 2 aromatic rings. The van der Waals surface area contributed by atoms with E-state index in [-0.39, 0.29) is 30.7 Å². The number of aliphatic carboxylic acids is 1. The topological polar surface area (TPSA) is 66.4 Å². The Morgan fingerprint density at radius 2 is 1.73 bits per heavy atom. The highest BCUT2D eigenvalue weighted by molar-refractivity contribution is 9.10. The quantitative estimate of drug-likeness (QED) is 0.403. The van der Waals surface area contributed by atoms with Gasteiger partial charge in [0.25, 0.3) is 5.91 Å². The van der Waals surface area contributed by atoms with Gasteiger partial charge in [-0.25, -0.2) is 0 Å². The van der Waals surface area contributed by atoms with E-state index in [1.54, 1.807) is 0 Å². The SMILES string of the molecule is O=C(O)CNC(=O)c1ccc(/C=C/C(c2cc(Cl)c(Cl)c(Cl)c2)C(F)(F)F)cc1Br. The van der Waals surface area contributed by atoms with Gasteiger partial charge in [-0.2, -0.15) is 13.2 Å². The van der Waals surface area contributed by atoms with Crippen molar-refractivity contribution in [2.24, 2.45) is 0 Å². The van der Waals surface area contributed by atoms with E-state index in [1.807, 2.05) is 0 Å². The number of hydrogen-bond acceptors (Lipinski definition) is 2. The van der Waals surface area contributed by atoms with E-state index in [2.05, 4.69) is 21.2 Å². The highest BCUT2D eigenvalue weighted by atomic mass is 79.9. The van der Waals surface area contributed by atoms with Crippen molar-refractivity contribution in [2.75, 3.05) is 6.54 Å². The first-order valence-corrected chi connectivity index (χ1v) is 10.0. The van der Waals surface area contributed by atoms with Crippen LogP contribution in [0.2, 0.25) is 15.1 Å². The van der Waals surface area contributed by atoms with Gasteiger partial charge < -0.3 is 10.4 Å². The molecule has 11 heteroatoms. The number of alkyl halides is 3. The largest absolute Gasteiger partial charge is 0.480 e. The Kier molecular flexibility index (Phi) is 8.21. The van der Waals surface area contributed by atoms with Crippen molar-refractivity contribution < 1.29 is 27.9 Å². The van der Waals surface area contributed by atoms with Gasteiger partial charge >= 0.3 is 12.1 Å². The van der Waals surface area contributed by atoms with E-state index in [0.717, 1.165) is 18.2 Å². The third-order valence-corrected chi connectivity index (χ3v) is 5.69. The van der Waals surface area contributed by atoms with Gasteiger partial charge in [-0.05, 0) is 51.3 Å². The van der Waals surface area contributed by atoms with E-state index in [1.165, 1.54) is 24.3 Å². The maximum Gasteiger partial charge on any atom is 0.399 e. The number of benzene rings is 2. The molecule has 0 aliphatic rings. The molecule has 1 amide bonds. The second-order valence-corrected chi connectivity index (χ2v) is 8.04. The predicted octanol–water partition coefficient (Wildman–Crippen LogP) is 6.58. The average molecular weight is 546 g/mol. The molecule has 0 fully saturated rings. The van der Waals surface area contributed by atoms with Crippen molar-refractivity contribution in [3.05, 3.63) is 72.6 Å². The minimum atomic E-state index is -4.62. The standard InChI is InChI=1S/C19H12BrCl3F3NO3/c20-13-5-9(1-3-11(13)18(30)27-8-16(28)29)2-4-12(19(24,25)26)10-6-14(21)17(23)15(22)7-10/h1-7,12H,8H2,(H,27,30)(H,28,29)/b4-2+. The molecule has 1 unspecified atom stereocenters. The van der Waals surface area contributed by atoms with Crippen molar-refractivity contribution in [1.82, 2.24) is 5.32 Å². The molecule has 160 valence electrons. The van der Waals surface area contributed by atoms with E-state index in [9.17, 15) is 22.8 Å². The Labute approximate surface area is 192 Å². The molecule has 0 saturated heterocycles. The molecule has 30 heavy (non-hydrogen) atoms. The first-order valence-electron chi connectivity index (χ1n) is 8.09. The molecule has 0 aliphatic heterocycles. The molecule has 0 bridgehead atoms. The normalized spacial score (nSPS) is 12.8.